The Kier molecular flexibility index (Phi) is 5.27. The summed E-state index contributed by atoms with van der Waals surface area (Å²) in [7, 11) is 1.68. The van der Waals surface area contributed by atoms with E-state index >= 15 is 0 Å². The standard InChI is InChI=1S/C12H21FN4O/c1-12(2,5-4-6-18)8-16-10-9(13)7-15-11(14-3)17-10/h7,18H,4-6,8H2,1-3H3,(H2,14,15,16,17). The fraction of sp³-hybridized carbons (Fsp3) is 0.667. The number of hydrogen-bond donors (Lipinski definition) is 3. The lowest BCUT2D eigenvalue weighted by atomic mass is 9.88. The molecule has 0 atom stereocenters. The summed E-state index contributed by atoms with van der Waals surface area (Å²) >= 11 is 0. The van der Waals surface area contributed by atoms with Gasteiger partial charge in [0.25, 0.3) is 0 Å². The molecule has 1 aromatic rings. The second-order valence-electron chi connectivity index (χ2n) is 4.99. The van der Waals surface area contributed by atoms with Gasteiger partial charge in [-0.05, 0) is 18.3 Å². The quantitative estimate of drug-likeness (QED) is 0.694. The summed E-state index contributed by atoms with van der Waals surface area (Å²) in [6, 6.07) is 0. The molecule has 0 aromatic carbocycles. The number of halogens is 1. The van der Waals surface area contributed by atoms with E-state index in [1.807, 2.05) is 0 Å². The first-order chi connectivity index (χ1) is 8.48. The number of hydrogen-bond acceptors (Lipinski definition) is 5. The van der Waals surface area contributed by atoms with Gasteiger partial charge in [-0.15, -0.1) is 0 Å². The lowest BCUT2D eigenvalue weighted by Gasteiger charge is -2.25. The van der Waals surface area contributed by atoms with E-state index < -0.39 is 5.82 Å². The molecular formula is C12H21FN4O. The van der Waals surface area contributed by atoms with Crippen molar-refractivity contribution >= 4 is 11.8 Å². The Morgan fingerprint density at radius 3 is 2.78 bits per heavy atom. The molecule has 102 valence electrons. The molecule has 1 heterocycles. The van der Waals surface area contributed by atoms with Gasteiger partial charge in [0, 0.05) is 20.2 Å². The highest BCUT2D eigenvalue weighted by atomic mass is 19.1. The molecule has 5 nitrogen and oxygen atoms in total. The SMILES string of the molecule is CNc1ncc(F)c(NCC(C)(C)CCCO)n1. The van der Waals surface area contributed by atoms with Crippen molar-refractivity contribution in [2.24, 2.45) is 5.41 Å². The van der Waals surface area contributed by atoms with Crippen molar-refractivity contribution in [2.45, 2.75) is 26.7 Å². The van der Waals surface area contributed by atoms with Crippen LogP contribution in [0.1, 0.15) is 26.7 Å². The molecule has 3 N–H and O–H groups in total. The van der Waals surface area contributed by atoms with Crippen LogP contribution in [0.3, 0.4) is 0 Å². The Morgan fingerprint density at radius 1 is 1.44 bits per heavy atom. The van der Waals surface area contributed by atoms with Crippen LogP contribution in [0.5, 0.6) is 0 Å². The van der Waals surface area contributed by atoms with Crippen molar-refractivity contribution < 1.29 is 9.50 Å². The number of nitrogens with zero attached hydrogens (tertiary/aromatic N) is 2. The zero-order valence-electron chi connectivity index (χ0n) is 11.1. The number of anilines is 2. The van der Waals surface area contributed by atoms with Gasteiger partial charge < -0.3 is 15.7 Å². The molecule has 0 bridgehead atoms. The monoisotopic (exact) mass is 256 g/mol. The molecule has 0 aliphatic heterocycles. The maximum absolute atomic E-state index is 13.5. The van der Waals surface area contributed by atoms with Gasteiger partial charge in [-0.25, -0.2) is 9.37 Å². The van der Waals surface area contributed by atoms with E-state index in [4.69, 9.17) is 5.11 Å². The lowest BCUT2D eigenvalue weighted by molar-refractivity contribution is 0.247. The average Bonchev–Trinajstić information content (AvgIpc) is 2.35. The van der Waals surface area contributed by atoms with Crippen LogP contribution in [0, 0.1) is 11.2 Å². The van der Waals surface area contributed by atoms with Gasteiger partial charge >= 0.3 is 0 Å². The van der Waals surface area contributed by atoms with Crippen molar-refractivity contribution in [1.82, 2.24) is 9.97 Å². The molecule has 0 aliphatic rings. The van der Waals surface area contributed by atoms with Gasteiger partial charge in [0.15, 0.2) is 11.6 Å². The lowest BCUT2D eigenvalue weighted by Crippen LogP contribution is -2.24. The first-order valence-corrected chi connectivity index (χ1v) is 6.03. The van der Waals surface area contributed by atoms with Crippen LogP contribution < -0.4 is 10.6 Å². The minimum absolute atomic E-state index is 0.0279. The van der Waals surface area contributed by atoms with Crippen molar-refractivity contribution in [3.05, 3.63) is 12.0 Å². The molecular weight excluding hydrogens is 235 g/mol. The fourth-order valence-electron chi connectivity index (χ4n) is 1.58. The molecule has 0 aliphatic carbocycles. The summed E-state index contributed by atoms with van der Waals surface area (Å²) in [4.78, 5) is 7.80. The van der Waals surface area contributed by atoms with E-state index in [1.165, 1.54) is 0 Å². The maximum Gasteiger partial charge on any atom is 0.224 e. The predicted molar refractivity (Wildman–Crippen MR) is 70.1 cm³/mol. The van der Waals surface area contributed by atoms with E-state index in [-0.39, 0.29) is 17.8 Å². The summed E-state index contributed by atoms with van der Waals surface area (Å²) in [5, 5.41) is 14.6. The third kappa shape index (κ3) is 4.44. The second kappa shape index (κ2) is 6.49. The van der Waals surface area contributed by atoms with Crippen LogP contribution in [0.15, 0.2) is 6.20 Å². The Balaban J connectivity index is 2.62. The van der Waals surface area contributed by atoms with Gasteiger partial charge in [-0.1, -0.05) is 13.8 Å². The van der Waals surface area contributed by atoms with Gasteiger partial charge in [0.1, 0.15) is 0 Å². The fourth-order valence-corrected chi connectivity index (χ4v) is 1.58. The van der Waals surface area contributed by atoms with Gasteiger partial charge in [-0.3, -0.25) is 0 Å². The smallest absolute Gasteiger partial charge is 0.224 e. The molecule has 0 spiro atoms. The van der Waals surface area contributed by atoms with Crippen LogP contribution in [-0.4, -0.2) is 35.3 Å². The van der Waals surface area contributed by atoms with E-state index in [1.54, 1.807) is 7.05 Å². The van der Waals surface area contributed by atoms with Crippen LogP contribution in [0.4, 0.5) is 16.2 Å². The summed E-state index contributed by atoms with van der Waals surface area (Å²) in [5.41, 5.74) is -0.0279. The normalized spacial score (nSPS) is 11.4. The van der Waals surface area contributed by atoms with Gasteiger partial charge in [-0.2, -0.15) is 4.98 Å². The van der Waals surface area contributed by atoms with Crippen molar-refractivity contribution in [3.63, 3.8) is 0 Å². The highest BCUT2D eigenvalue weighted by molar-refractivity contribution is 5.40. The Bertz CT molecular complexity index is 384. The third-order valence-electron chi connectivity index (χ3n) is 2.71. The Hall–Kier alpha value is -1.43. The number of nitrogens with one attached hydrogen (secondary N) is 2. The van der Waals surface area contributed by atoms with E-state index in [9.17, 15) is 4.39 Å². The van der Waals surface area contributed by atoms with E-state index in [0.717, 1.165) is 19.0 Å². The molecule has 18 heavy (non-hydrogen) atoms. The van der Waals surface area contributed by atoms with E-state index in [0.29, 0.717) is 12.5 Å². The zero-order valence-corrected chi connectivity index (χ0v) is 11.1. The second-order valence-corrected chi connectivity index (χ2v) is 4.99. The summed E-state index contributed by atoms with van der Waals surface area (Å²) in [6.45, 7) is 4.89. The largest absolute Gasteiger partial charge is 0.396 e. The Morgan fingerprint density at radius 2 is 2.17 bits per heavy atom. The van der Waals surface area contributed by atoms with Gasteiger partial charge in [0.05, 0.1) is 6.20 Å². The van der Waals surface area contributed by atoms with Crippen LogP contribution in [0.25, 0.3) is 0 Å². The molecule has 1 aromatic heterocycles. The average molecular weight is 256 g/mol. The molecule has 1 rings (SSSR count). The van der Waals surface area contributed by atoms with Crippen LogP contribution >= 0.6 is 0 Å². The number of rotatable bonds is 7. The topological polar surface area (TPSA) is 70.1 Å². The first-order valence-electron chi connectivity index (χ1n) is 6.03. The highest BCUT2D eigenvalue weighted by Crippen LogP contribution is 2.23. The van der Waals surface area contributed by atoms with Gasteiger partial charge in [0.2, 0.25) is 5.95 Å². The number of aliphatic hydroxyl groups excluding tert-OH is 1. The summed E-state index contributed by atoms with van der Waals surface area (Å²) < 4.78 is 13.5. The van der Waals surface area contributed by atoms with Crippen molar-refractivity contribution in [3.8, 4) is 0 Å². The predicted octanol–water partition coefficient (Wildman–Crippen LogP) is 1.87. The molecule has 0 fully saturated rings. The van der Waals surface area contributed by atoms with Crippen LogP contribution in [-0.2, 0) is 0 Å². The first kappa shape index (κ1) is 14.6. The zero-order chi connectivity index (χ0) is 13.6. The number of aliphatic hydroxyl groups is 1. The Labute approximate surface area is 107 Å². The minimum Gasteiger partial charge on any atom is -0.396 e. The number of aromatic nitrogens is 2. The molecule has 0 saturated heterocycles. The molecule has 6 heteroatoms. The summed E-state index contributed by atoms with van der Waals surface area (Å²) in [6.07, 6.45) is 2.74. The maximum atomic E-state index is 13.5. The third-order valence-corrected chi connectivity index (χ3v) is 2.71. The molecule has 0 amide bonds. The molecule has 0 saturated carbocycles. The summed E-state index contributed by atoms with van der Waals surface area (Å²) in [5.74, 6) is 0.116. The van der Waals surface area contributed by atoms with E-state index in [2.05, 4.69) is 34.4 Å². The highest BCUT2D eigenvalue weighted by Gasteiger charge is 2.18. The minimum atomic E-state index is -0.466. The van der Waals surface area contributed by atoms with Crippen LogP contribution in [0.2, 0.25) is 0 Å². The van der Waals surface area contributed by atoms with Crippen molar-refractivity contribution in [1.29, 1.82) is 0 Å². The van der Waals surface area contributed by atoms with Crippen molar-refractivity contribution in [2.75, 3.05) is 30.8 Å². The molecule has 0 unspecified atom stereocenters. The molecule has 0 radical (unpaired) electrons.